The minimum Gasteiger partial charge on any atom is -0.477 e. The standard InChI is InChI=1S/C20H27N5O2/c1-15(2)13-27-18-12-17(22-14-23-18)24-8-10-25(11-9-24)20(26)19(21)16-6-4-3-5-7-16/h3-7,12,14-15,19H,8-11,13,21H2,1-2H3/t19-/m0/s1. The third kappa shape index (κ3) is 4.95. The third-order valence-electron chi connectivity index (χ3n) is 4.53. The number of rotatable bonds is 6. The van der Waals surface area contributed by atoms with Gasteiger partial charge in [-0.25, -0.2) is 9.97 Å². The molecule has 1 aromatic carbocycles. The largest absolute Gasteiger partial charge is 0.477 e. The lowest BCUT2D eigenvalue weighted by Crippen LogP contribution is -2.51. The van der Waals surface area contributed by atoms with Crippen LogP contribution in [-0.4, -0.2) is 53.6 Å². The second-order valence-corrected chi connectivity index (χ2v) is 7.12. The first-order valence-corrected chi connectivity index (χ1v) is 9.33. The molecule has 7 heteroatoms. The van der Waals surface area contributed by atoms with Gasteiger partial charge in [-0.05, 0) is 11.5 Å². The lowest BCUT2D eigenvalue weighted by atomic mass is 10.1. The molecule has 7 nitrogen and oxygen atoms in total. The topological polar surface area (TPSA) is 84.6 Å². The number of anilines is 1. The summed E-state index contributed by atoms with van der Waals surface area (Å²) in [7, 11) is 0. The molecule has 0 spiro atoms. The molecule has 1 aliphatic rings. The number of nitrogens with two attached hydrogens (primary N) is 1. The number of ether oxygens (including phenoxy) is 1. The Morgan fingerprint density at radius 1 is 1.15 bits per heavy atom. The van der Waals surface area contributed by atoms with E-state index in [0.29, 0.717) is 44.6 Å². The number of nitrogens with zero attached hydrogens (tertiary/aromatic N) is 4. The number of carbonyl (C=O) groups is 1. The van der Waals surface area contributed by atoms with E-state index in [9.17, 15) is 4.79 Å². The van der Waals surface area contributed by atoms with Gasteiger partial charge >= 0.3 is 0 Å². The van der Waals surface area contributed by atoms with Gasteiger partial charge in [-0.3, -0.25) is 4.79 Å². The summed E-state index contributed by atoms with van der Waals surface area (Å²) in [4.78, 5) is 25.2. The summed E-state index contributed by atoms with van der Waals surface area (Å²) in [5.41, 5.74) is 6.99. The summed E-state index contributed by atoms with van der Waals surface area (Å²) in [6, 6.07) is 10.7. The third-order valence-corrected chi connectivity index (χ3v) is 4.53. The van der Waals surface area contributed by atoms with Gasteiger partial charge in [-0.15, -0.1) is 0 Å². The van der Waals surface area contributed by atoms with Crippen LogP contribution in [0.5, 0.6) is 5.88 Å². The van der Waals surface area contributed by atoms with Crippen molar-refractivity contribution in [3.8, 4) is 5.88 Å². The molecular formula is C20H27N5O2. The van der Waals surface area contributed by atoms with Crippen molar-refractivity contribution in [3.05, 3.63) is 48.3 Å². The maximum atomic E-state index is 12.7. The molecule has 1 fully saturated rings. The highest BCUT2D eigenvalue weighted by molar-refractivity contribution is 5.83. The van der Waals surface area contributed by atoms with Crippen molar-refractivity contribution < 1.29 is 9.53 Å². The number of piperazine rings is 1. The highest BCUT2D eigenvalue weighted by atomic mass is 16.5. The number of carbonyl (C=O) groups excluding carboxylic acids is 1. The Labute approximate surface area is 160 Å². The molecule has 1 saturated heterocycles. The summed E-state index contributed by atoms with van der Waals surface area (Å²) in [5, 5.41) is 0. The molecule has 0 unspecified atom stereocenters. The Bertz CT molecular complexity index is 745. The summed E-state index contributed by atoms with van der Waals surface area (Å²) in [5.74, 6) is 1.80. The first-order valence-electron chi connectivity index (χ1n) is 9.33. The van der Waals surface area contributed by atoms with Gasteiger partial charge in [0.25, 0.3) is 0 Å². The summed E-state index contributed by atoms with van der Waals surface area (Å²) >= 11 is 0. The molecule has 2 heterocycles. The minimum atomic E-state index is -0.618. The van der Waals surface area contributed by atoms with Gasteiger partial charge < -0.3 is 20.3 Å². The molecule has 1 aromatic heterocycles. The van der Waals surface area contributed by atoms with E-state index >= 15 is 0 Å². The lowest BCUT2D eigenvalue weighted by molar-refractivity contribution is -0.133. The Morgan fingerprint density at radius 2 is 1.85 bits per heavy atom. The van der Waals surface area contributed by atoms with E-state index < -0.39 is 6.04 Å². The van der Waals surface area contributed by atoms with E-state index in [2.05, 4.69) is 28.7 Å². The monoisotopic (exact) mass is 369 g/mol. The number of aromatic nitrogens is 2. The van der Waals surface area contributed by atoms with Crippen LogP contribution in [-0.2, 0) is 4.79 Å². The van der Waals surface area contributed by atoms with Crippen LogP contribution >= 0.6 is 0 Å². The summed E-state index contributed by atoms with van der Waals surface area (Å²) in [6.07, 6.45) is 1.52. The molecule has 1 amide bonds. The van der Waals surface area contributed by atoms with Gasteiger partial charge in [0.2, 0.25) is 11.8 Å². The molecule has 0 saturated carbocycles. The Morgan fingerprint density at radius 3 is 2.52 bits per heavy atom. The number of hydrogen-bond acceptors (Lipinski definition) is 6. The van der Waals surface area contributed by atoms with E-state index in [0.717, 1.165) is 11.4 Å². The zero-order valence-electron chi connectivity index (χ0n) is 15.9. The van der Waals surface area contributed by atoms with Crippen LogP contribution in [0.1, 0.15) is 25.5 Å². The van der Waals surface area contributed by atoms with Crippen LogP contribution in [0.3, 0.4) is 0 Å². The SMILES string of the molecule is CC(C)COc1cc(N2CCN(C(=O)[C@@H](N)c3ccccc3)CC2)ncn1. The Balaban J connectivity index is 1.57. The fourth-order valence-corrected chi connectivity index (χ4v) is 2.99. The van der Waals surface area contributed by atoms with E-state index in [1.54, 1.807) is 0 Å². The quantitative estimate of drug-likeness (QED) is 0.837. The normalized spacial score (nSPS) is 15.7. The fraction of sp³-hybridized carbons (Fsp3) is 0.450. The highest BCUT2D eigenvalue weighted by Gasteiger charge is 2.26. The second-order valence-electron chi connectivity index (χ2n) is 7.12. The smallest absolute Gasteiger partial charge is 0.244 e. The van der Waals surface area contributed by atoms with Crippen molar-refractivity contribution in [2.45, 2.75) is 19.9 Å². The number of hydrogen-bond donors (Lipinski definition) is 1. The first kappa shape index (κ1) is 19.1. The van der Waals surface area contributed by atoms with E-state index in [1.807, 2.05) is 41.3 Å². The van der Waals surface area contributed by atoms with E-state index in [4.69, 9.17) is 10.5 Å². The zero-order chi connectivity index (χ0) is 19.2. The minimum absolute atomic E-state index is 0.0375. The van der Waals surface area contributed by atoms with Gasteiger partial charge in [0.15, 0.2) is 0 Å². The highest BCUT2D eigenvalue weighted by Crippen LogP contribution is 2.20. The lowest BCUT2D eigenvalue weighted by Gasteiger charge is -2.36. The van der Waals surface area contributed by atoms with Crippen LogP contribution in [0.15, 0.2) is 42.7 Å². The second kappa shape index (κ2) is 8.81. The molecule has 0 radical (unpaired) electrons. The van der Waals surface area contributed by atoms with Crippen molar-refractivity contribution in [2.75, 3.05) is 37.7 Å². The Hall–Kier alpha value is -2.67. The molecule has 144 valence electrons. The van der Waals surface area contributed by atoms with Gasteiger partial charge in [0.05, 0.1) is 6.61 Å². The number of amides is 1. The van der Waals surface area contributed by atoms with Crippen LogP contribution in [0.2, 0.25) is 0 Å². The molecule has 27 heavy (non-hydrogen) atoms. The van der Waals surface area contributed by atoms with Crippen molar-refractivity contribution in [1.82, 2.24) is 14.9 Å². The molecule has 0 aliphatic carbocycles. The molecular weight excluding hydrogens is 342 g/mol. The van der Waals surface area contributed by atoms with E-state index in [-0.39, 0.29) is 5.91 Å². The summed E-state index contributed by atoms with van der Waals surface area (Å²) < 4.78 is 5.68. The van der Waals surface area contributed by atoms with Gasteiger partial charge in [-0.1, -0.05) is 44.2 Å². The van der Waals surface area contributed by atoms with Crippen molar-refractivity contribution in [1.29, 1.82) is 0 Å². The van der Waals surface area contributed by atoms with Crippen LogP contribution in [0.4, 0.5) is 5.82 Å². The first-order chi connectivity index (χ1) is 13.0. The van der Waals surface area contributed by atoms with Crippen LogP contribution in [0.25, 0.3) is 0 Å². The fourth-order valence-electron chi connectivity index (χ4n) is 2.99. The van der Waals surface area contributed by atoms with Gasteiger partial charge in [0.1, 0.15) is 18.2 Å². The van der Waals surface area contributed by atoms with E-state index in [1.165, 1.54) is 6.33 Å². The average molecular weight is 369 g/mol. The number of benzene rings is 1. The van der Waals surface area contributed by atoms with Crippen molar-refractivity contribution in [2.24, 2.45) is 11.7 Å². The predicted molar refractivity (Wildman–Crippen MR) is 105 cm³/mol. The van der Waals surface area contributed by atoms with Crippen molar-refractivity contribution in [3.63, 3.8) is 0 Å². The van der Waals surface area contributed by atoms with Crippen LogP contribution < -0.4 is 15.4 Å². The zero-order valence-corrected chi connectivity index (χ0v) is 15.9. The maximum absolute atomic E-state index is 12.7. The maximum Gasteiger partial charge on any atom is 0.244 e. The predicted octanol–water partition coefficient (Wildman–Crippen LogP) is 1.86. The molecule has 2 aromatic rings. The molecule has 2 N–H and O–H groups in total. The molecule has 1 atom stereocenters. The Kier molecular flexibility index (Phi) is 6.24. The average Bonchev–Trinajstić information content (AvgIpc) is 2.72. The molecule has 1 aliphatic heterocycles. The van der Waals surface area contributed by atoms with Crippen LogP contribution in [0, 0.1) is 5.92 Å². The summed E-state index contributed by atoms with van der Waals surface area (Å²) in [6.45, 7) is 7.45. The molecule has 3 rings (SSSR count). The van der Waals surface area contributed by atoms with Crippen molar-refractivity contribution >= 4 is 11.7 Å². The molecule has 0 bridgehead atoms. The van der Waals surface area contributed by atoms with Gasteiger partial charge in [0, 0.05) is 32.2 Å². The van der Waals surface area contributed by atoms with Gasteiger partial charge in [-0.2, -0.15) is 0 Å².